The SMILES string of the molecule is COc1cc(/C=C/C(=O)OCC(=O)Nc2ccc(OC(F)(F)F)cc2)ccc1O. The molecule has 0 saturated heterocycles. The van der Waals surface area contributed by atoms with Crippen LogP contribution in [0.1, 0.15) is 5.56 Å². The molecule has 0 unspecified atom stereocenters. The lowest BCUT2D eigenvalue weighted by Gasteiger charge is -2.10. The highest BCUT2D eigenvalue weighted by atomic mass is 19.4. The number of alkyl halides is 3. The Bertz CT molecular complexity index is 894. The van der Waals surface area contributed by atoms with Crippen LogP contribution in [0.25, 0.3) is 6.08 Å². The number of anilines is 1. The minimum Gasteiger partial charge on any atom is -0.504 e. The predicted octanol–water partition coefficient (Wildman–Crippen LogP) is 3.49. The molecule has 2 aromatic rings. The number of phenolic OH excluding ortho intramolecular Hbond substituents is 1. The van der Waals surface area contributed by atoms with E-state index in [1.807, 2.05) is 0 Å². The second-order valence-corrected chi connectivity index (χ2v) is 5.49. The summed E-state index contributed by atoms with van der Waals surface area (Å²) in [7, 11) is 1.38. The third kappa shape index (κ3) is 7.45. The molecule has 10 heteroatoms. The number of nitrogens with one attached hydrogen (secondary N) is 1. The molecule has 0 aliphatic rings. The van der Waals surface area contributed by atoms with Crippen LogP contribution in [-0.2, 0) is 14.3 Å². The second kappa shape index (κ2) is 9.49. The van der Waals surface area contributed by atoms with Crippen molar-refractivity contribution in [2.45, 2.75) is 6.36 Å². The molecule has 0 atom stereocenters. The van der Waals surface area contributed by atoms with Gasteiger partial charge < -0.3 is 24.6 Å². The van der Waals surface area contributed by atoms with Crippen LogP contribution in [-0.4, -0.2) is 37.1 Å². The summed E-state index contributed by atoms with van der Waals surface area (Å²) in [5.74, 6) is -1.73. The van der Waals surface area contributed by atoms with Gasteiger partial charge in [-0.2, -0.15) is 0 Å². The first-order valence-electron chi connectivity index (χ1n) is 8.04. The van der Waals surface area contributed by atoms with Gasteiger partial charge in [-0.05, 0) is 48.0 Å². The van der Waals surface area contributed by atoms with E-state index in [1.165, 1.54) is 37.5 Å². The van der Waals surface area contributed by atoms with Crippen molar-refractivity contribution in [1.29, 1.82) is 0 Å². The van der Waals surface area contributed by atoms with Crippen LogP contribution in [0, 0.1) is 0 Å². The maximum atomic E-state index is 12.1. The van der Waals surface area contributed by atoms with Crippen molar-refractivity contribution >= 4 is 23.6 Å². The summed E-state index contributed by atoms with van der Waals surface area (Å²) in [6, 6.07) is 8.91. The van der Waals surface area contributed by atoms with Crippen LogP contribution in [0.15, 0.2) is 48.5 Å². The Hall–Kier alpha value is -3.69. The Kier molecular flexibility index (Phi) is 7.07. The molecule has 1 amide bonds. The summed E-state index contributed by atoms with van der Waals surface area (Å²) in [5, 5.41) is 11.9. The van der Waals surface area contributed by atoms with E-state index < -0.39 is 30.6 Å². The number of methoxy groups -OCH3 is 1. The number of hydrogen-bond donors (Lipinski definition) is 2. The molecule has 0 aromatic heterocycles. The van der Waals surface area contributed by atoms with Gasteiger partial charge in [-0.3, -0.25) is 4.79 Å². The van der Waals surface area contributed by atoms with Crippen LogP contribution in [0.4, 0.5) is 18.9 Å². The third-order valence-electron chi connectivity index (χ3n) is 3.33. The molecule has 0 aliphatic heterocycles. The quantitative estimate of drug-likeness (QED) is 0.535. The fraction of sp³-hybridized carbons (Fsp3) is 0.158. The number of rotatable bonds is 7. The van der Waals surface area contributed by atoms with Crippen molar-refractivity contribution in [3.63, 3.8) is 0 Å². The number of ether oxygens (including phenoxy) is 3. The summed E-state index contributed by atoms with van der Waals surface area (Å²) >= 11 is 0. The molecule has 0 heterocycles. The van der Waals surface area contributed by atoms with Crippen molar-refractivity contribution in [2.75, 3.05) is 19.0 Å². The number of aromatic hydroxyl groups is 1. The first-order chi connectivity index (χ1) is 13.7. The monoisotopic (exact) mass is 411 g/mol. The van der Waals surface area contributed by atoms with Crippen molar-refractivity contribution in [1.82, 2.24) is 0 Å². The van der Waals surface area contributed by atoms with Gasteiger partial charge in [-0.25, -0.2) is 4.79 Å². The zero-order chi connectivity index (χ0) is 21.4. The molecule has 0 aliphatic carbocycles. The summed E-state index contributed by atoms with van der Waals surface area (Å²) in [5.41, 5.74) is 0.759. The number of phenols is 1. The third-order valence-corrected chi connectivity index (χ3v) is 3.33. The molecule has 0 fully saturated rings. The van der Waals surface area contributed by atoms with Crippen LogP contribution >= 0.6 is 0 Å². The summed E-state index contributed by atoms with van der Waals surface area (Å²) < 4.78 is 49.7. The number of amides is 1. The van der Waals surface area contributed by atoms with Crippen molar-refractivity contribution in [2.24, 2.45) is 0 Å². The lowest BCUT2D eigenvalue weighted by molar-refractivity contribution is -0.274. The summed E-state index contributed by atoms with van der Waals surface area (Å²) in [6.07, 6.45) is -2.32. The van der Waals surface area contributed by atoms with Gasteiger partial charge in [0.2, 0.25) is 0 Å². The van der Waals surface area contributed by atoms with E-state index >= 15 is 0 Å². The number of carbonyl (C=O) groups is 2. The molecule has 0 saturated carbocycles. The number of halogens is 3. The molecular weight excluding hydrogens is 395 g/mol. The molecule has 2 N–H and O–H groups in total. The molecular formula is C19H16F3NO6. The molecule has 0 radical (unpaired) electrons. The van der Waals surface area contributed by atoms with Crippen molar-refractivity contribution < 1.29 is 42.1 Å². The first kappa shape index (κ1) is 21.6. The maximum Gasteiger partial charge on any atom is 0.573 e. The number of hydrogen-bond acceptors (Lipinski definition) is 6. The average molecular weight is 411 g/mol. The van der Waals surface area contributed by atoms with E-state index in [4.69, 9.17) is 9.47 Å². The number of esters is 1. The molecule has 7 nitrogen and oxygen atoms in total. The highest BCUT2D eigenvalue weighted by molar-refractivity contribution is 5.94. The normalized spacial score (nSPS) is 11.2. The minimum atomic E-state index is -4.81. The van der Waals surface area contributed by atoms with Crippen LogP contribution < -0.4 is 14.8 Å². The van der Waals surface area contributed by atoms with Gasteiger partial charge in [0, 0.05) is 11.8 Å². The Labute approximate surface area is 163 Å². The van der Waals surface area contributed by atoms with Gasteiger partial charge in [-0.15, -0.1) is 13.2 Å². The molecule has 2 aromatic carbocycles. The smallest absolute Gasteiger partial charge is 0.504 e. The molecule has 2 rings (SSSR count). The first-order valence-corrected chi connectivity index (χ1v) is 8.04. The fourth-order valence-electron chi connectivity index (χ4n) is 2.08. The molecule has 0 bridgehead atoms. The minimum absolute atomic E-state index is 0.0538. The van der Waals surface area contributed by atoms with Gasteiger partial charge in [0.15, 0.2) is 18.1 Å². The molecule has 29 heavy (non-hydrogen) atoms. The second-order valence-electron chi connectivity index (χ2n) is 5.49. The van der Waals surface area contributed by atoms with E-state index in [-0.39, 0.29) is 17.2 Å². The largest absolute Gasteiger partial charge is 0.573 e. The number of carbonyl (C=O) groups excluding carboxylic acids is 2. The van der Waals surface area contributed by atoms with Crippen LogP contribution in [0.2, 0.25) is 0 Å². The van der Waals surface area contributed by atoms with Gasteiger partial charge in [0.05, 0.1) is 7.11 Å². The zero-order valence-electron chi connectivity index (χ0n) is 15.0. The Morgan fingerprint density at radius 1 is 1.14 bits per heavy atom. The topological polar surface area (TPSA) is 94.1 Å². The fourth-order valence-corrected chi connectivity index (χ4v) is 2.08. The predicted molar refractivity (Wildman–Crippen MR) is 96.4 cm³/mol. The van der Waals surface area contributed by atoms with E-state index in [0.717, 1.165) is 18.2 Å². The van der Waals surface area contributed by atoms with E-state index in [9.17, 15) is 27.9 Å². The van der Waals surface area contributed by atoms with E-state index in [2.05, 4.69) is 10.1 Å². The lowest BCUT2D eigenvalue weighted by atomic mass is 10.2. The summed E-state index contributed by atoms with van der Waals surface area (Å²) in [6.45, 7) is -0.594. The zero-order valence-corrected chi connectivity index (χ0v) is 15.0. The standard InChI is InChI=1S/C19H16F3NO6/c1-27-16-10-12(2-8-15(16)24)3-9-18(26)28-11-17(25)23-13-4-6-14(7-5-13)29-19(20,21)22/h2-10,24H,11H2,1H3,(H,23,25)/b9-3+. The summed E-state index contributed by atoms with van der Waals surface area (Å²) in [4.78, 5) is 23.4. The maximum absolute atomic E-state index is 12.1. The molecule has 154 valence electrons. The Balaban J connectivity index is 1.82. The van der Waals surface area contributed by atoms with E-state index in [0.29, 0.717) is 5.56 Å². The number of benzene rings is 2. The molecule has 0 spiro atoms. The Morgan fingerprint density at radius 3 is 2.45 bits per heavy atom. The Morgan fingerprint density at radius 2 is 1.83 bits per heavy atom. The highest BCUT2D eigenvalue weighted by Gasteiger charge is 2.30. The van der Waals surface area contributed by atoms with Crippen molar-refractivity contribution in [3.8, 4) is 17.2 Å². The van der Waals surface area contributed by atoms with Crippen LogP contribution in [0.3, 0.4) is 0 Å². The van der Waals surface area contributed by atoms with Gasteiger partial charge >= 0.3 is 12.3 Å². The van der Waals surface area contributed by atoms with Crippen molar-refractivity contribution in [3.05, 3.63) is 54.1 Å². The lowest BCUT2D eigenvalue weighted by Crippen LogP contribution is -2.20. The van der Waals surface area contributed by atoms with Crippen LogP contribution in [0.5, 0.6) is 17.2 Å². The van der Waals surface area contributed by atoms with Gasteiger partial charge in [0.25, 0.3) is 5.91 Å². The van der Waals surface area contributed by atoms with Gasteiger partial charge in [-0.1, -0.05) is 6.07 Å². The average Bonchev–Trinajstić information content (AvgIpc) is 2.66. The van der Waals surface area contributed by atoms with E-state index in [1.54, 1.807) is 6.07 Å². The highest BCUT2D eigenvalue weighted by Crippen LogP contribution is 2.27. The van der Waals surface area contributed by atoms with Gasteiger partial charge in [0.1, 0.15) is 5.75 Å².